The van der Waals surface area contributed by atoms with Crippen molar-refractivity contribution in [3.05, 3.63) is 58.8 Å². The van der Waals surface area contributed by atoms with E-state index in [0.29, 0.717) is 15.8 Å². The summed E-state index contributed by atoms with van der Waals surface area (Å²) in [6.45, 7) is 0. The fourth-order valence-corrected chi connectivity index (χ4v) is 2.52. The van der Waals surface area contributed by atoms with Gasteiger partial charge in [0.25, 0.3) is 0 Å². The maximum absolute atomic E-state index is 13.9. The Labute approximate surface area is 127 Å². The Bertz CT molecular complexity index is 813. The number of nitrogens with zero attached hydrogens (tertiary/aromatic N) is 1. The lowest BCUT2D eigenvalue weighted by molar-refractivity contribution is 0.589. The summed E-state index contributed by atoms with van der Waals surface area (Å²) in [7, 11) is 0. The molecule has 0 bridgehead atoms. The quantitative estimate of drug-likeness (QED) is 0.664. The van der Waals surface area contributed by atoms with E-state index in [0.717, 1.165) is 10.8 Å². The molecule has 2 aromatic carbocycles. The fourth-order valence-electron chi connectivity index (χ4n) is 2.12. The van der Waals surface area contributed by atoms with Gasteiger partial charge in [0, 0.05) is 39.0 Å². The maximum atomic E-state index is 13.9. The van der Waals surface area contributed by atoms with Crippen LogP contribution in [0, 0.1) is 11.6 Å². The zero-order valence-corrected chi connectivity index (χ0v) is 12.3. The third-order valence-electron chi connectivity index (χ3n) is 3.12. The van der Waals surface area contributed by atoms with Crippen LogP contribution in [0.5, 0.6) is 0 Å². The number of pyridine rings is 1. The van der Waals surface area contributed by atoms with Crippen molar-refractivity contribution in [2.75, 3.05) is 11.1 Å². The van der Waals surface area contributed by atoms with E-state index in [1.807, 2.05) is 0 Å². The van der Waals surface area contributed by atoms with Crippen molar-refractivity contribution < 1.29 is 8.78 Å². The van der Waals surface area contributed by atoms with Crippen LogP contribution in [-0.4, -0.2) is 4.98 Å². The van der Waals surface area contributed by atoms with Gasteiger partial charge in [-0.2, -0.15) is 0 Å². The Morgan fingerprint density at radius 2 is 1.76 bits per heavy atom. The number of nitrogens with two attached hydrogens (primary N) is 1. The minimum atomic E-state index is -0.680. The minimum Gasteiger partial charge on any atom is -0.398 e. The molecule has 3 aromatic rings. The third kappa shape index (κ3) is 2.54. The van der Waals surface area contributed by atoms with Gasteiger partial charge in [-0.1, -0.05) is 15.9 Å². The molecular formula is C15H10BrF2N3. The maximum Gasteiger partial charge on any atom is 0.150 e. The van der Waals surface area contributed by atoms with Crippen LogP contribution >= 0.6 is 15.9 Å². The summed E-state index contributed by atoms with van der Waals surface area (Å²) < 4.78 is 28.2. The Morgan fingerprint density at radius 1 is 1.05 bits per heavy atom. The van der Waals surface area contributed by atoms with Gasteiger partial charge in [-0.3, -0.25) is 4.98 Å². The van der Waals surface area contributed by atoms with Gasteiger partial charge in [-0.15, -0.1) is 0 Å². The molecular weight excluding hydrogens is 340 g/mol. The monoisotopic (exact) mass is 349 g/mol. The molecule has 0 atom stereocenters. The number of aromatic nitrogens is 1. The summed E-state index contributed by atoms with van der Waals surface area (Å²) in [6.07, 6.45) is 3.21. The van der Waals surface area contributed by atoms with Crippen LogP contribution in [0.3, 0.4) is 0 Å². The smallest absolute Gasteiger partial charge is 0.150 e. The van der Waals surface area contributed by atoms with Crippen molar-refractivity contribution in [3.63, 3.8) is 0 Å². The number of nitrogen functional groups attached to an aromatic ring is 1. The van der Waals surface area contributed by atoms with Crippen LogP contribution in [0.4, 0.5) is 25.8 Å². The average molecular weight is 350 g/mol. The van der Waals surface area contributed by atoms with E-state index >= 15 is 0 Å². The highest BCUT2D eigenvalue weighted by Gasteiger charge is 2.12. The summed E-state index contributed by atoms with van der Waals surface area (Å²) in [4.78, 5) is 4.01. The molecule has 1 aromatic heterocycles. The largest absolute Gasteiger partial charge is 0.398 e. The predicted octanol–water partition coefficient (Wildman–Crippen LogP) is 4.60. The SMILES string of the molecule is Nc1ccc(Nc2c(F)cc(Br)cc2F)c2ccncc12. The predicted molar refractivity (Wildman–Crippen MR) is 83.5 cm³/mol. The lowest BCUT2D eigenvalue weighted by Gasteiger charge is -2.12. The van der Waals surface area contributed by atoms with E-state index in [1.165, 1.54) is 12.1 Å². The van der Waals surface area contributed by atoms with Gasteiger partial charge in [0.05, 0.1) is 0 Å². The van der Waals surface area contributed by atoms with Crippen LogP contribution < -0.4 is 11.1 Å². The second-order valence-corrected chi connectivity index (χ2v) is 5.41. The summed E-state index contributed by atoms with van der Waals surface area (Å²) in [5.74, 6) is -1.36. The van der Waals surface area contributed by atoms with E-state index in [2.05, 4.69) is 26.2 Å². The first kappa shape index (κ1) is 13.8. The van der Waals surface area contributed by atoms with Crippen molar-refractivity contribution in [1.82, 2.24) is 4.98 Å². The van der Waals surface area contributed by atoms with E-state index in [9.17, 15) is 8.78 Å². The molecule has 0 saturated carbocycles. The van der Waals surface area contributed by atoms with Gasteiger partial charge < -0.3 is 11.1 Å². The first-order valence-electron chi connectivity index (χ1n) is 6.10. The molecule has 0 fully saturated rings. The summed E-state index contributed by atoms with van der Waals surface area (Å²) in [6, 6.07) is 7.49. The Hall–Kier alpha value is -2.21. The van der Waals surface area contributed by atoms with E-state index in [4.69, 9.17) is 5.73 Å². The standard InChI is InChI=1S/C15H10BrF2N3/c16-8-5-11(17)15(12(18)6-8)21-14-2-1-13(19)10-7-20-4-3-9(10)14/h1-7,21H,19H2. The molecule has 3 rings (SSSR count). The Kier molecular flexibility index (Phi) is 3.47. The summed E-state index contributed by atoms with van der Waals surface area (Å²) in [5.41, 5.74) is 6.78. The zero-order chi connectivity index (χ0) is 15.0. The Balaban J connectivity index is 2.13. The highest BCUT2D eigenvalue weighted by atomic mass is 79.9. The van der Waals surface area contributed by atoms with E-state index in [1.54, 1.807) is 30.6 Å². The normalized spacial score (nSPS) is 10.8. The van der Waals surface area contributed by atoms with E-state index in [-0.39, 0.29) is 5.69 Å². The van der Waals surface area contributed by atoms with Gasteiger partial charge in [-0.25, -0.2) is 8.78 Å². The first-order valence-corrected chi connectivity index (χ1v) is 6.89. The number of hydrogen-bond donors (Lipinski definition) is 2. The lowest BCUT2D eigenvalue weighted by Crippen LogP contribution is -1.99. The number of nitrogens with one attached hydrogen (secondary N) is 1. The fraction of sp³-hybridized carbons (Fsp3) is 0. The topological polar surface area (TPSA) is 50.9 Å². The van der Waals surface area contributed by atoms with Gasteiger partial charge >= 0.3 is 0 Å². The number of rotatable bonds is 2. The average Bonchev–Trinajstić information content (AvgIpc) is 2.45. The van der Waals surface area contributed by atoms with Crippen molar-refractivity contribution in [2.24, 2.45) is 0 Å². The summed E-state index contributed by atoms with van der Waals surface area (Å²) >= 11 is 3.05. The van der Waals surface area contributed by atoms with Crippen LogP contribution in [0.15, 0.2) is 47.2 Å². The molecule has 0 unspecified atom stereocenters. The molecule has 6 heteroatoms. The molecule has 1 heterocycles. The van der Waals surface area contributed by atoms with Crippen molar-refractivity contribution >= 4 is 43.8 Å². The zero-order valence-electron chi connectivity index (χ0n) is 10.7. The van der Waals surface area contributed by atoms with Crippen LogP contribution in [0.2, 0.25) is 0 Å². The molecule has 106 valence electrons. The molecule has 0 spiro atoms. The summed E-state index contributed by atoms with van der Waals surface area (Å²) in [5, 5.41) is 4.25. The molecule has 0 aliphatic carbocycles. The number of halogens is 3. The Morgan fingerprint density at radius 3 is 2.48 bits per heavy atom. The van der Waals surface area contributed by atoms with Gasteiger partial charge in [0.1, 0.15) is 5.69 Å². The molecule has 21 heavy (non-hydrogen) atoms. The molecule has 0 aliphatic heterocycles. The number of fused-ring (bicyclic) bond motifs is 1. The van der Waals surface area contributed by atoms with Crippen LogP contribution in [0.25, 0.3) is 10.8 Å². The third-order valence-corrected chi connectivity index (χ3v) is 3.58. The number of hydrogen-bond acceptors (Lipinski definition) is 3. The highest BCUT2D eigenvalue weighted by Crippen LogP contribution is 2.32. The van der Waals surface area contributed by atoms with Crippen LogP contribution in [-0.2, 0) is 0 Å². The van der Waals surface area contributed by atoms with Crippen LogP contribution in [0.1, 0.15) is 0 Å². The van der Waals surface area contributed by atoms with Gasteiger partial charge in [0.15, 0.2) is 11.6 Å². The highest BCUT2D eigenvalue weighted by molar-refractivity contribution is 9.10. The molecule has 0 saturated heterocycles. The molecule has 3 nitrogen and oxygen atoms in total. The van der Waals surface area contributed by atoms with Gasteiger partial charge in [-0.05, 0) is 30.3 Å². The molecule has 3 N–H and O–H groups in total. The van der Waals surface area contributed by atoms with Crippen molar-refractivity contribution in [2.45, 2.75) is 0 Å². The second-order valence-electron chi connectivity index (χ2n) is 4.49. The lowest BCUT2D eigenvalue weighted by atomic mass is 10.1. The van der Waals surface area contributed by atoms with Crippen molar-refractivity contribution in [3.8, 4) is 0 Å². The second kappa shape index (κ2) is 5.29. The van der Waals surface area contributed by atoms with Gasteiger partial charge in [0.2, 0.25) is 0 Å². The minimum absolute atomic E-state index is 0.207. The molecule has 0 aliphatic rings. The first-order chi connectivity index (χ1) is 10.1. The number of anilines is 3. The molecule has 0 radical (unpaired) electrons. The van der Waals surface area contributed by atoms with Crippen molar-refractivity contribution in [1.29, 1.82) is 0 Å². The van der Waals surface area contributed by atoms with E-state index < -0.39 is 11.6 Å². The molecule has 0 amide bonds. The number of benzene rings is 2.